The Bertz CT molecular complexity index is 6010. The van der Waals surface area contributed by atoms with Crippen molar-refractivity contribution in [3.8, 4) is 61.6 Å². The van der Waals surface area contributed by atoms with E-state index in [0.717, 1.165) is 0 Å². The van der Waals surface area contributed by atoms with Gasteiger partial charge < -0.3 is 13.7 Å². The Morgan fingerprint density at radius 2 is 0.402 bits per heavy atom. The lowest BCUT2D eigenvalue weighted by Crippen LogP contribution is -2.16. The first kappa shape index (κ1) is 82.8. The zero-order valence-corrected chi connectivity index (χ0v) is 75.4. The van der Waals surface area contributed by atoms with Gasteiger partial charge in [-0.2, -0.15) is 0 Å². The highest BCUT2D eigenvalue weighted by Crippen LogP contribution is 2.51. The smallest absolute Gasteiger partial charge is 0.0547 e. The molecule has 598 valence electrons. The third-order valence-electron chi connectivity index (χ3n) is 24.0. The molecule has 0 fully saturated rings. The summed E-state index contributed by atoms with van der Waals surface area (Å²) in [5.41, 5.74) is 34.3. The summed E-state index contributed by atoms with van der Waals surface area (Å²) in [6.07, 6.45) is 0. The summed E-state index contributed by atoms with van der Waals surface area (Å²) in [4.78, 5) is 0. The fourth-order valence-corrected chi connectivity index (χ4v) is 17.5. The van der Waals surface area contributed by atoms with Crippen molar-refractivity contribution in [2.45, 2.75) is 236 Å². The van der Waals surface area contributed by atoms with Crippen LogP contribution in [0.15, 0.2) is 279 Å². The summed E-state index contributed by atoms with van der Waals surface area (Å²) in [6, 6.07) is 104. The number of benzene rings is 13. The lowest BCUT2D eigenvalue weighted by atomic mass is 9.77. The van der Waals surface area contributed by atoms with Gasteiger partial charge in [-0.25, -0.2) is 0 Å². The number of nitrogens with zero attached hydrogens (tertiary/aromatic N) is 3. The second-order valence-electron chi connectivity index (χ2n) is 42.4. The SMILES string of the molecule is CC(C)(C)c1cc(-c2cccc3c2c2c(C(C)(C)C)c(-c4ccccc4)ccc2n3-c2ccccc2)cc(C(C)(C)C)c1.CC(C)(C)c1cc(-c2cccc3c2c2c(C(C)(C)C)cccc2n3-c2ccccc2)cc(C(C)(C)C)c1.CC(C)(C)c1cc(-c2cccc3c2c2c(C(C)(C)C)cccc2n3-c2ccccc2)cc(C(C)(C)C)c1. The van der Waals surface area contributed by atoms with E-state index in [9.17, 15) is 0 Å². The Morgan fingerprint density at radius 1 is 0.162 bits per heavy atom. The molecule has 16 aromatic rings. The van der Waals surface area contributed by atoms with Crippen molar-refractivity contribution in [3.63, 3.8) is 0 Å². The highest BCUT2D eigenvalue weighted by molar-refractivity contribution is 6.20. The van der Waals surface area contributed by atoms with E-state index in [1.54, 1.807) is 0 Å². The van der Waals surface area contributed by atoms with Crippen molar-refractivity contribution in [1.82, 2.24) is 13.7 Å². The fourth-order valence-electron chi connectivity index (χ4n) is 17.5. The zero-order valence-electron chi connectivity index (χ0n) is 75.4. The molecule has 3 nitrogen and oxygen atoms in total. The number of aromatic nitrogens is 3. The van der Waals surface area contributed by atoms with E-state index in [4.69, 9.17) is 0 Å². The zero-order chi connectivity index (χ0) is 84.2. The van der Waals surface area contributed by atoms with Gasteiger partial charge in [0.15, 0.2) is 0 Å². The molecule has 0 amide bonds. The Hall–Kier alpha value is -10.7. The Kier molecular flexibility index (Phi) is 21.5. The topological polar surface area (TPSA) is 14.8 Å². The minimum Gasteiger partial charge on any atom is -0.309 e. The second-order valence-corrected chi connectivity index (χ2v) is 42.4. The third kappa shape index (κ3) is 16.3. The predicted molar refractivity (Wildman–Crippen MR) is 512 cm³/mol. The monoisotopic (exact) mass is 1540 g/mol. The van der Waals surface area contributed by atoms with Crippen molar-refractivity contribution in [3.05, 3.63) is 329 Å². The summed E-state index contributed by atoms with van der Waals surface area (Å²) in [5, 5.41) is 8.10. The Labute approximate surface area is 700 Å². The first-order valence-corrected chi connectivity index (χ1v) is 42.7. The molecule has 13 aromatic carbocycles. The average molecular weight is 1540 g/mol. The second kappa shape index (κ2) is 30.3. The van der Waals surface area contributed by atoms with Gasteiger partial charge in [0, 0.05) is 49.4 Å². The summed E-state index contributed by atoms with van der Waals surface area (Å²) >= 11 is 0. The minimum absolute atomic E-state index is 0.0201. The van der Waals surface area contributed by atoms with Crippen LogP contribution in [0.2, 0.25) is 0 Å². The molecular formula is C114H127N3. The molecule has 0 atom stereocenters. The maximum Gasteiger partial charge on any atom is 0.0547 e. The normalized spacial score (nSPS) is 12.9. The van der Waals surface area contributed by atoms with E-state index in [2.05, 4.69) is 480 Å². The van der Waals surface area contributed by atoms with E-state index in [-0.39, 0.29) is 48.7 Å². The van der Waals surface area contributed by atoms with E-state index in [1.807, 2.05) is 0 Å². The molecule has 0 saturated carbocycles. The lowest BCUT2D eigenvalue weighted by molar-refractivity contribution is 0.568. The van der Waals surface area contributed by atoms with E-state index >= 15 is 0 Å². The molecule has 0 saturated heterocycles. The largest absolute Gasteiger partial charge is 0.309 e. The molecule has 0 aliphatic heterocycles. The van der Waals surface area contributed by atoms with Crippen molar-refractivity contribution >= 4 is 65.4 Å². The molecule has 117 heavy (non-hydrogen) atoms. The van der Waals surface area contributed by atoms with Gasteiger partial charge in [-0.15, -0.1) is 0 Å². The lowest BCUT2D eigenvalue weighted by Gasteiger charge is -2.27. The van der Waals surface area contributed by atoms with Crippen molar-refractivity contribution in [1.29, 1.82) is 0 Å². The van der Waals surface area contributed by atoms with Gasteiger partial charge in [-0.05, 0) is 216 Å². The van der Waals surface area contributed by atoms with Crippen molar-refractivity contribution in [2.75, 3.05) is 0 Å². The van der Waals surface area contributed by atoms with Gasteiger partial charge >= 0.3 is 0 Å². The van der Waals surface area contributed by atoms with Crippen LogP contribution < -0.4 is 0 Å². The molecule has 0 spiro atoms. The van der Waals surface area contributed by atoms with E-state index in [1.165, 1.54) is 177 Å². The Morgan fingerprint density at radius 3 is 0.658 bits per heavy atom. The van der Waals surface area contributed by atoms with Crippen LogP contribution >= 0.6 is 0 Å². The molecular weight excluding hydrogens is 1410 g/mol. The molecule has 0 radical (unpaired) electrons. The van der Waals surface area contributed by atoms with Crippen LogP contribution in [-0.2, 0) is 48.7 Å². The molecule has 3 aromatic heterocycles. The number of hydrogen-bond acceptors (Lipinski definition) is 0. The highest BCUT2D eigenvalue weighted by atomic mass is 15.0. The first-order chi connectivity index (χ1) is 54.8. The van der Waals surface area contributed by atoms with Crippen LogP contribution in [0.3, 0.4) is 0 Å². The predicted octanol–water partition coefficient (Wildman–Crippen LogP) is 32.7. The summed E-state index contributed by atoms with van der Waals surface area (Å²) < 4.78 is 7.36. The molecule has 0 aliphatic rings. The average Bonchev–Trinajstić information content (AvgIpc) is 1.56. The summed E-state index contributed by atoms with van der Waals surface area (Å²) in [5.74, 6) is 0. The molecule has 3 heteroatoms. The van der Waals surface area contributed by atoms with Gasteiger partial charge in [-0.1, -0.05) is 393 Å². The van der Waals surface area contributed by atoms with Crippen LogP contribution in [0.4, 0.5) is 0 Å². The van der Waals surface area contributed by atoms with Crippen LogP contribution in [0, 0.1) is 0 Å². The van der Waals surface area contributed by atoms with Crippen molar-refractivity contribution < 1.29 is 0 Å². The van der Waals surface area contributed by atoms with Crippen LogP contribution in [-0.4, -0.2) is 13.7 Å². The number of fused-ring (bicyclic) bond motifs is 9. The van der Waals surface area contributed by atoms with Gasteiger partial charge in [-0.3, -0.25) is 0 Å². The number of hydrogen-bond donors (Lipinski definition) is 0. The van der Waals surface area contributed by atoms with Gasteiger partial charge in [0.05, 0.1) is 33.1 Å². The molecule has 0 unspecified atom stereocenters. The van der Waals surface area contributed by atoms with E-state index < -0.39 is 0 Å². The highest BCUT2D eigenvalue weighted by Gasteiger charge is 2.33. The molecule has 0 N–H and O–H groups in total. The van der Waals surface area contributed by atoms with Gasteiger partial charge in [0.25, 0.3) is 0 Å². The van der Waals surface area contributed by atoms with Crippen LogP contribution in [0.25, 0.3) is 127 Å². The fraction of sp³-hybridized carbons (Fsp3) is 0.316. The number of rotatable bonds is 7. The summed E-state index contributed by atoms with van der Waals surface area (Å²) in [6.45, 7) is 62.8. The number of para-hydroxylation sites is 3. The molecule has 0 aliphatic carbocycles. The third-order valence-corrected chi connectivity index (χ3v) is 24.0. The van der Waals surface area contributed by atoms with Gasteiger partial charge in [0.2, 0.25) is 0 Å². The molecule has 3 heterocycles. The van der Waals surface area contributed by atoms with Gasteiger partial charge in [0.1, 0.15) is 0 Å². The first-order valence-electron chi connectivity index (χ1n) is 42.7. The van der Waals surface area contributed by atoms with Crippen LogP contribution in [0.1, 0.15) is 237 Å². The maximum atomic E-state index is 2.47. The summed E-state index contributed by atoms with van der Waals surface area (Å²) in [7, 11) is 0. The van der Waals surface area contributed by atoms with E-state index in [0.29, 0.717) is 0 Å². The minimum atomic E-state index is -0.0859. The Balaban J connectivity index is 0.000000145. The molecule has 16 rings (SSSR count). The van der Waals surface area contributed by atoms with Crippen molar-refractivity contribution in [2.24, 2.45) is 0 Å². The standard InChI is InChI=1S/C42H45N.2C36H41N/c1-40(2,3)30-25-29(26-31(27-30)41(4,5)6)33-21-16-22-35-37(33)38-36(43(35)32-19-14-11-15-20-32)24-23-34(39(38)42(7,8)9)28-17-12-10-13-18-28;2*1-34(2,3)25-21-24(22-26(23-25)35(4,5)6)28-17-13-19-30-32(28)33-29(36(7,8)9)18-14-20-31(33)37(30)27-15-11-10-12-16-27/h10-27H,1-9H3;2*10-23H,1-9H3. The quantitative estimate of drug-likeness (QED) is 0.151. The van der Waals surface area contributed by atoms with Crippen LogP contribution in [0.5, 0.6) is 0 Å². The maximum absolute atomic E-state index is 2.47. The molecule has 0 bridgehead atoms.